The largest absolute Gasteiger partial charge is 0.240 e. The summed E-state index contributed by atoms with van der Waals surface area (Å²) in [6.07, 6.45) is 0.421. The van der Waals surface area contributed by atoms with E-state index < -0.39 is 18.1 Å². The molecule has 0 heterocycles. The first kappa shape index (κ1) is 22.8. The van der Waals surface area contributed by atoms with E-state index in [1.54, 1.807) is 24.3 Å². The number of hydrogen-bond donors (Lipinski definition) is 1. The van der Waals surface area contributed by atoms with Crippen LogP contribution < -0.4 is 4.72 Å². The van der Waals surface area contributed by atoms with Crippen LogP contribution in [0.15, 0.2) is 46.4 Å². The second kappa shape index (κ2) is 9.13. The average molecular weight is 398 g/mol. The fraction of sp³-hybridized carbons (Fsp3) is 0.550. The van der Waals surface area contributed by atoms with E-state index in [2.05, 4.69) is 52.0 Å². The van der Waals surface area contributed by atoms with Crippen LogP contribution in [0.1, 0.15) is 47.1 Å². The molecule has 1 rings (SSSR count). The smallest absolute Gasteiger partial charge is 0.207 e. The van der Waals surface area contributed by atoms with Gasteiger partial charge in [0.1, 0.15) is 14.4 Å². The van der Waals surface area contributed by atoms with Gasteiger partial charge in [-0.1, -0.05) is 65.0 Å². The summed E-state index contributed by atoms with van der Waals surface area (Å²) in [6.45, 7) is 14.9. The first-order valence-electron chi connectivity index (χ1n) is 9.11. The van der Waals surface area contributed by atoms with Crippen molar-refractivity contribution in [3.05, 3.63) is 47.1 Å². The zero-order valence-corrected chi connectivity index (χ0v) is 18.7. The van der Waals surface area contributed by atoms with Gasteiger partial charge in [0.2, 0.25) is 10.0 Å². The maximum absolute atomic E-state index is 13.1. The highest BCUT2D eigenvalue weighted by Gasteiger charge is 2.46. The second-order valence-electron chi connectivity index (χ2n) is 7.77. The Kier molecular flexibility index (Phi) is 8.02. The molecule has 3 nitrogen and oxygen atoms in total. The standard InChI is InChI=1S/C20H32FNO2SSi/c1-15(2)26(16(3)4,17(5)6)20(12-13-21)14-22-25(23,24)19-10-8-18(7)9-11-19/h8-11,13,15-17,22H,14H2,1-7H3. The molecule has 0 aromatic heterocycles. The maximum Gasteiger partial charge on any atom is 0.240 e. The molecule has 0 unspecified atom stereocenters. The molecule has 0 atom stereocenters. The minimum absolute atomic E-state index is 0.0946. The van der Waals surface area contributed by atoms with E-state index in [9.17, 15) is 12.8 Å². The summed E-state index contributed by atoms with van der Waals surface area (Å²) in [5.74, 6) is 0. The molecule has 0 saturated heterocycles. The monoisotopic (exact) mass is 397 g/mol. The lowest BCUT2D eigenvalue weighted by molar-refractivity contribution is 0.585. The highest BCUT2D eigenvalue weighted by Crippen LogP contribution is 2.46. The number of benzene rings is 1. The molecule has 0 bridgehead atoms. The van der Waals surface area contributed by atoms with Crippen LogP contribution in [-0.4, -0.2) is 23.0 Å². The molecule has 0 spiro atoms. The van der Waals surface area contributed by atoms with Gasteiger partial charge in [-0.2, -0.15) is 0 Å². The van der Waals surface area contributed by atoms with E-state index in [1.807, 2.05) is 6.92 Å². The first-order chi connectivity index (χ1) is 12.0. The molecule has 0 aliphatic rings. The number of rotatable bonds is 8. The summed E-state index contributed by atoms with van der Waals surface area (Å²) in [5, 5.41) is 0.788. The highest BCUT2D eigenvalue weighted by molar-refractivity contribution is 7.89. The number of sulfonamides is 1. The molecule has 6 heteroatoms. The second-order valence-corrected chi connectivity index (χ2v) is 15.5. The van der Waals surface area contributed by atoms with Crippen molar-refractivity contribution in [2.24, 2.45) is 0 Å². The van der Waals surface area contributed by atoms with Crippen LogP contribution in [0.25, 0.3) is 0 Å². The Balaban J connectivity index is 3.27. The minimum atomic E-state index is -3.65. The van der Waals surface area contributed by atoms with E-state index in [0.717, 1.165) is 10.8 Å². The third kappa shape index (κ3) is 4.74. The SMILES string of the molecule is Cc1ccc(S(=O)(=O)NCC(=C=CF)[Si](C(C)C)(C(C)C)C(C)C)cc1. The Labute approximate surface area is 159 Å². The van der Waals surface area contributed by atoms with Crippen molar-refractivity contribution in [3.8, 4) is 0 Å². The maximum atomic E-state index is 13.1. The van der Waals surface area contributed by atoms with E-state index in [-0.39, 0.29) is 11.4 Å². The van der Waals surface area contributed by atoms with Crippen molar-refractivity contribution in [2.45, 2.75) is 70.0 Å². The fourth-order valence-corrected chi connectivity index (χ4v) is 12.3. The topological polar surface area (TPSA) is 46.2 Å². The van der Waals surface area contributed by atoms with E-state index >= 15 is 0 Å². The first-order valence-corrected chi connectivity index (χ1v) is 12.8. The summed E-state index contributed by atoms with van der Waals surface area (Å²) < 4.78 is 41.1. The molecule has 146 valence electrons. The quantitative estimate of drug-likeness (QED) is 0.465. The third-order valence-corrected chi connectivity index (χ3v) is 13.9. The lowest BCUT2D eigenvalue weighted by Gasteiger charge is -2.44. The van der Waals surface area contributed by atoms with Gasteiger partial charge < -0.3 is 0 Å². The molecule has 0 fully saturated rings. The number of hydrogen-bond acceptors (Lipinski definition) is 2. The van der Waals surface area contributed by atoms with Crippen molar-refractivity contribution in [2.75, 3.05) is 6.54 Å². The van der Waals surface area contributed by atoms with E-state index in [4.69, 9.17) is 0 Å². The predicted molar refractivity (Wildman–Crippen MR) is 110 cm³/mol. The zero-order valence-electron chi connectivity index (χ0n) is 16.9. The number of halogens is 1. The van der Waals surface area contributed by atoms with Crippen molar-refractivity contribution < 1.29 is 12.8 Å². The lowest BCUT2D eigenvalue weighted by atomic mass is 10.2. The van der Waals surface area contributed by atoms with E-state index in [0.29, 0.717) is 23.0 Å². The van der Waals surface area contributed by atoms with Gasteiger partial charge in [-0.25, -0.2) is 17.5 Å². The zero-order chi connectivity index (χ0) is 20.1. The Bertz CT molecular complexity index is 740. The molecular weight excluding hydrogens is 365 g/mol. The normalized spacial score (nSPS) is 12.6. The van der Waals surface area contributed by atoms with Crippen molar-refractivity contribution in [1.29, 1.82) is 0 Å². The molecule has 0 radical (unpaired) electrons. The van der Waals surface area contributed by atoms with Crippen molar-refractivity contribution in [1.82, 2.24) is 4.72 Å². The van der Waals surface area contributed by atoms with Crippen molar-refractivity contribution >= 4 is 18.1 Å². The molecule has 26 heavy (non-hydrogen) atoms. The van der Waals surface area contributed by atoms with Crippen LogP contribution in [0.4, 0.5) is 4.39 Å². The van der Waals surface area contributed by atoms with Gasteiger partial charge in [-0.15, -0.1) is 0 Å². The molecular formula is C20H32FNO2SSi. The molecule has 0 aliphatic carbocycles. The van der Waals surface area contributed by atoms with Gasteiger partial charge in [0.05, 0.1) is 4.90 Å². The Morgan fingerprint density at radius 1 is 1.08 bits per heavy atom. The Morgan fingerprint density at radius 2 is 1.54 bits per heavy atom. The summed E-state index contributed by atoms with van der Waals surface area (Å²) in [6, 6.07) is 6.71. The average Bonchev–Trinajstić information content (AvgIpc) is 2.52. The molecule has 0 saturated carbocycles. The molecule has 1 aromatic rings. The molecule has 1 N–H and O–H groups in total. The Morgan fingerprint density at radius 3 is 1.92 bits per heavy atom. The summed E-state index contributed by atoms with van der Waals surface area (Å²) in [5.41, 5.74) is 4.78. The van der Waals surface area contributed by atoms with Gasteiger partial charge in [0.25, 0.3) is 0 Å². The molecule has 0 aliphatic heterocycles. The van der Waals surface area contributed by atoms with Crippen LogP contribution in [-0.2, 0) is 10.0 Å². The number of aryl methyl sites for hydroxylation is 1. The lowest BCUT2D eigenvalue weighted by Crippen LogP contribution is -2.49. The van der Waals surface area contributed by atoms with Crippen molar-refractivity contribution in [3.63, 3.8) is 0 Å². The molecule has 0 amide bonds. The molecule has 1 aromatic carbocycles. The van der Waals surface area contributed by atoms with Crippen LogP contribution in [0.5, 0.6) is 0 Å². The van der Waals surface area contributed by atoms with Crippen LogP contribution in [0, 0.1) is 6.92 Å². The Hall–Kier alpha value is -1.20. The summed E-state index contributed by atoms with van der Waals surface area (Å²) in [4.78, 5) is 0.220. The minimum Gasteiger partial charge on any atom is -0.207 e. The summed E-state index contributed by atoms with van der Waals surface area (Å²) >= 11 is 0. The van der Waals surface area contributed by atoms with E-state index in [1.165, 1.54) is 0 Å². The summed E-state index contributed by atoms with van der Waals surface area (Å²) in [7, 11) is -5.83. The van der Waals surface area contributed by atoms with Gasteiger partial charge in [-0.3, -0.25) is 0 Å². The third-order valence-electron chi connectivity index (χ3n) is 5.39. The van der Waals surface area contributed by atoms with Gasteiger partial charge in [-0.05, 0) is 40.9 Å². The van der Waals surface area contributed by atoms with Gasteiger partial charge >= 0.3 is 0 Å². The number of nitrogens with one attached hydrogen (secondary N) is 1. The van der Waals surface area contributed by atoms with Gasteiger partial charge in [0, 0.05) is 6.54 Å². The van der Waals surface area contributed by atoms with Crippen LogP contribution in [0.3, 0.4) is 0 Å². The predicted octanol–water partition coefficient (Wildman–Crippen LogP) is 5.50. The highest BCUT2D eigenvalue weighted by atomic mass is 32.2. The van der Waals surface area contributed by atoms with Gasteiger partial charge in [0.15, 0.2) is 0 Å². The van der Waals surface area contributed by atoms with Crippen LogP contribution >= 0.6 is 0 Å². The fourth-order valence-electron chi connectivity index (χ4n) is 4.41. The van der Waals surface area contributed by atoms with Crippen LogP contribution in [0.2, 0.25) is 16.6 Å².